The van der Waals surface area contributed by atoms with Crippen LogP contribution < -0.4 is 5.32 Å². The number of benzene rings is 2. The minimum absolute atomic E-state index is 0.0190. The van der Waals surface area contributed by atoms with Gasteiger partial charge in [-0.2, -0.15) is 0 Å². The highest BCUT2D eigenvalue weighted by Gasteiger charge is 2.73. The number of amides is 2. The number of rotatable bonds is 10. The predicted octanol–water partition coefficient (Wildman–Crippen LogP) is 2.50. The predicted molar refractivity (Wildman–Crippen MR) is 178 cm³/mol. The Hall–Kier alpha value is -4.59. The zero-order valence-electron chi connectivity index (χ0n) is 26.9. The number of hydrogen-bond donors (Lipinski definition) is 1. The average Bonchev–Trinajstić information content (AvgIpc) is 3.26. The van der Waals surface area contributed by atoms with Crippen molar-refractivity contribution in [1.29, 1.82) is 0 Å². The van der Waals surface area contributed by atoms with Crippen molar-refractivity contribution in [3.63, 3.8) is 0 Å². The highest BCUT2D eigenvalue weighted by Crippen LogP contribution is 2.50. The van der Waals surface area contributed by atoms with Crippen LogP contribution in [0.15, 0.2) is 90.6 Å². The normalized spacial score (nSPS) is 24.6. The lowest BCUT2D eigenvalue weighted by Gasteiger charge is -2.39. The maximum Gasteiger partial charge on any atom is 0.407 e. The summed E-state index contributed by atoms with van der Waals surface area (Å²) in [4.78, 5) is 50.4. The molecule has 1 N–H and O–H groups in total. The molecule has 2 amide bonds. The van der Waals surface area contributed by atoms with Crippen LogP contribution in [-0.4, -0.2) is 115 Å². The maximum absolute atomic E-state index is 14.3. The lowest BCUT2D eigenvalue weighted by molar-refractivity contribution is -0.161. The maximum atomic E-state index is 14.3. The molecule has 3 aliphatic heterocycles. The molecule has 3 aliphatic rings. The first-order valence-corrected chi connectivity index (χ1v) is 17.5. The van der Waals surface area contributed by atoms with Gasteiger partial charge in [0.2, 0.25) is 0 Å². The number of esters is 1. The van der Waals surface area contributed by atoms with Crippen molar-refractivity contribution in [2.75, 3.05) is 52.9 Å². The molecular weight excluding hydrogens is 634 g/mol. The summed E-state index contributed by atoms with van der Waals surface area (Å²) in [6, 6.07) is 21.6. The first kappa shape index (κ1) is 33.3. The Kier molecular flexibility index (Phi) is 9.63. The number of nitrogens with zero attached hydrogens (tertiary/aromatic N) is 4. The highest BCUT2D eigenvalue weighted by molar-refractivity contribution is 7.94. The molecule has 0 unspecified atom stereocenters. The van der Waals surface area contributed by atoms with Gasteiger partial charge >= 0.3 is 12.1 Å². The molecule has 0 radical (unpaired) electrons. The van der Waals surface area contributed by atoms with E-state index in [1.54, 1.807) is 42.5 Å². The SMILES string of the molecule is CN1CCN(CCNC(=O)OC[C@@]2(C)[C@H](C(=O)OC(c3ccccc3)c3ccccc3)N3C(=O)C(=Cc4ccccn4)[C@H]3S2(=O)=O)CC1. The van der Waals surface area contributed by atoms with Crippen molar-refractivity contribution in [2.24, 2.45) is 0 Å². The Morgan fingerprint density at radius 2 is 1.60 bits per heavy atom. The Balaban J connectivity index is 1.26. The number of ether oxygens (including phenoxy) is 2. The van der Waals surface area contributed by atoms with E-state index in [4.69, 9.17) is 9.47 Å². The summed E-state index contributed by atoms with van der Waals surface area (Å²) in [5.41, 5.74) is 1.71. The van der Waals surface area contributed by atoms with Crippen LogP contribution in [0.2, 0.25) is 0 Å². The number of aromatic nitrogens is 1. The van der Waals surface area contributed by atoms with Gasteiger partial charge in [-0.1, -0.05) is 66.7 Å². The zero-order valence-corrected chi connectivity index (χ0v) is 27.7. The second-order valence-electron chi connectivity index (χ2n) is 12.5. The number of β-lactam (4-membered cyclic amide) rings is 1. The van der Waals surface area contributed by atoms with Gasteiger partial charge in [0.15, 0.2) is 27.4 Å². The minimum atomic E-state index is -4.34. The summed E-state index contributed by atoms with van der Waals surface area (Å²) in [6.07, 6.45) is 1.25. The molecule has 0 aliphatic carbocycles. The average molecular weight is 674 g/mol. The quantitative estimate of drug-likeness (QED) is 0.194. The van der Waals surface area contributed by atoms with Gasteiger partial charge in [0.25, 0.3) is 5.91 Å². The molecular formula is C35H39N5O7S. The fourth-order valence-electron chi connectivity index (χ4n) is 6.41. The Morgan fingerprint density at radius 1 is 0.979 bits per heavy atom. The molecule has 3 aromatic rings. The van der Waals surface area contributed by atoms with E-state index >= 15 is 0 Å². The van der Waals surface area contributed by atoms with Gasteiger partial charge in [0.05, 0.1) is 11.3 Å². The number of sulfone groups is 1. The summed E-state index contributed by atoms with van der Waals surface area (Å²) >= 11 is 0. The van der Waals surface area contributed by atoms with Crippen LogP contribution in [0, 0.1) is 0 Å². The van der Waals surface area contributed by atoms with Crippen molar-refractivity contribution < 1.29 is 32.3 Å². The van der Waals surface area contributed by atoms with E-state index in [9.17, 15) is 22.8 Å². The minimum Gasteiger partial charge on any atom is -0.451 e. The first-order chi connectivity index (χ1) is 23.1. The third-order valence-corrected chi connectivity index (χ3v) is 11.9. The van der Waals surface area contributed by atoms with Gasteiger partial charge in [0, 0.05) is 45.5 Å². The van der Waals surface area contributed by atoms with Crippen LogP contribution in [-0.2, 0) is 28.9 Å². The zero-order chi connectivity index (χ0) is 33.9. The molecule has 13 heteroatoms. The van der Waals surface area contributed by atoms with E-state index in [0.29, 0.717) is 29.9 Å². The lowest BCUT2D eigenvalue weighted by Crippen LogP contribution is -2.60. The van der Waals surface area contributed by atoms with Crippen molar-refractivity contribution in [3.8, 4) is 0 Å². The number of carbonyl (C=O) groups is 3. The lowest BCUT2D eigenvalue weighted by atomic mass is 9.94. The molecule has 1 aromatic heterocycles. The molecule has 3 atom stereocenters. The molecule has 0 spiro atoms. The number of carbonyl (C=O) groups excluding carboxylic acids is 3. The number of fused-ring (bicyclic) bond motifs is 1. The standard InChI is InChI=1S/C35H39N5O7S/c1-35(24-46-34(43)37-17-18-39-21-19-38(2)20-22-39)30(33(42)47-29(25-11-5-3-6-12-25)26-13-7-4-8-14-26)40-31(41)28(32(40)48(35,44)45)23-27-15-9-10-16-36-27/h3-16,23,29-30,32H,17-22,24H2,1-2H3,(H,37,43)/t30-,32+,35-/m0/s1. The fraction of sp³-hybridized carbons (Fsp3) is 0.371. The second kappa shape index (κ2) is 13.9. The largest absolute Gasteiger partial charge is 0.451 e. The van der Waals surface area contributed by atoms with Crippen molar-refractivity contribution in [3.05, 3.63) is 107 Å². The van der Waals surface area contributed by atoms with Crippen molar-refractivity contribution in [2.45, 2.75) is 29.2 Å². The number of likely N-dealkylation sites (N-methyl/N-ethyl adjacent to an activating group) is 1. The van der Waals surface area contributed by atoms with Gasteiger partial charge in [-0.15, -0.1) is 0 Å². The third-order valence-electron chi connectivity index (χ3n) is 9.24. The first-order valence-electron chi connectivity index (χ1n) is 15.9. The van der Waals surface area contributed by atoms with E-state index in [1.165, 1.54) is 19.2 Å². The van der Waals surface area contributed by atoms with Gasteiger partial charge in [0.1, 0.15) is 11.4 Å². The number of piperazine rings is 1. The van der Waals surface area contributed by atoms with Gasteiger partial charge in [-0.05, 0) is 43.3 Å². The van der Waals surface area contributed by atoms with E-state index in [2.05, 4.69) is 27.1 Å². The van der Waals surface area contributed by atoms with Gasteiger partial charge in [-0.3, -0.25) is 14.7 Å². The van der Waals surface area contributed by atoms with Crippen LogP contribution in [0.3, 0.4) is 0 Å². The Bertz CT molecular complexity index is 1730. The summed E-state index contributed by atoms with van der Waals surface area (Å²) in [5, 5.41) is 1.25. The van der Waals surface area contributed by atoms with Crippen molar-refractivity contribution in [1.82, 2.24) is 25.0 Å². The molecule has 0 bridgehead atoms. The number of nitrogens with one attached hydrogen (secondary N) is 1. The van der Waals surface area contributed by atoms with Crippen LogP contribution in [0.5, 0.6) is 0 Å². The number of hydrogen-bond acceptors (Lipinski definition) is 10. The molecule has 3 fully saturated rings. The van der Waals surface area contributed by atoms with E-state index in [1.807, 2.05) is 36.4 Å². The van der Waals surface area contributed by atoms with E-state index < -0.39 is 56.7 Å². The summed E-state index contributed by atoms with van der Waals surface area (Å²) in [6.45, 7) is 5.18. The van der Waals surface area contributed by atoms with E-state index in [0.717, 1.165) is 31.1 Å². The van der Waals surface area contributed by atoms with Crippen LogP contribution in [0.4, 0.5) is 4.79 Å². The molecule has 3 saturated heterocycles. The fourth-order valence-corrected chi connectivity index (χ4v) is 8.68. The van der Waals surface area contributed by atoms with Crippen molar-refractivity contribution >= 4 is 33.9 Å². The molecule has 252 valence electrons. The second-order valence-corrected chi connectivity index (χ2v) is 14.9. The summed E-state index contributed by atoms with van der Waals surface area (Å²) in [7, 11) is -2.28. The molecule has 48 heavy (non-hydrogen) atoms. The van der Waals surface area contributed by atoms with Crippen LogP contribution in [0.1, 0.15) is 29.8 Å². The topological polar surface area (TPSA) is 138 Å². The summed E-state index contributed by atoms with van der Waals surface area (Å²) < 4.78 is 38.3. The molecule has 2 aromatic carbocycles. The van der Waals surface area contributed by atoms with Gasteiger partial charge < -0.3 is 24.6 Å². The Labute approximate surface area is 280 Å². The van der Waals surface area contributed by atoms with Gasteiger partial charge in [-0.25, -0.2) is 18.0 Å². The molecule has 6 rings (SSSR count). The van der Waals surface area contributed by atoms with Crippen LogP contribution >= 0.6 is 0 Å². The van der Waals surface area contributed by atoms with Crippen LogP contribution in [0.25, 0.3) is 6.08 Å². The smallest absolute Gasteiger partial charge is 0.407 e. The number of alkyl carbamates (subject to hydrolysis) is 1. The monoisotopic (exact) mass is 673 g/mol. The molecule has 0 saturated carbocycles. The van der Waals surface area contributed by atoms with E-state index in [-0.39, 0.29) is 5.57 Å². The molecule has 4 heterocycles. The Morgan fingerprint density at radius 3 is 2.21 bits per heavy atom. The highest BCUT2D eigenvalue weighted by atomic mass is 32.2. The summed E-state index contributed by atoms with van der Waals surface area (Å²) in [5.74, 6) is -1.56. The number of pyridine rings is 1. The molecule has 12 nitrogen and oxygen atoms in total. The third kappa shape index (κ3) is 6.45.